The molecule has 0 aliphatic rings. The monoisotopic (exact) mass is 211 g/mol. The highest BCUT2D eigenvalue weighted by Gasteiger charge is 2.15. The summed E-state index contributed by atoms with van der Waals surface area (Å²) in [4.78, 5) is 0. The number of hydrogen-bond acceptors (Lipinski definition) is 1. The van der Waals surface area contributed by atoms with E-state index in [-0.39, 0.29) is 0 Å². The third-order valence-corrected chi connectivity index (χ3v) is 2.97. The van der Waals surface area contributed by atoms with Crippen molar-refractivity contribution in [1.82, 2.24) is 5.32 Å². The van der Waals surface area contributed by atoms with Crippen molar-refractivity contribution in [3.63, 3.8) is 0 Å². The largest absolute Gasteiger partial charge is 0.313 e. The molecule has 0 spiro atoms. The van der Waals surface area contributed by atoms with Gasteiger partial charge >= 0.3 is 0 Å². The highest BCUT2D eigenvalue weighted by molar-refractivity contribution is 6.30. The average molecular weight is 212 g/mol. The minimum Gasteiger partial charge on any atom is -0.313 e. The maximum absolute atomic E-state index is 5.97. The highest BCUT2D eigenvalue weighted by atomic mass is 35.5. The van der Waals surface area contributed by atoms with Crippen molar-refractivity contribution in [3.8, 4) is 0 Å². The molecule has 0 aliphatic heterocycles. The van der Waals surface area contributed by atoms with Gasteiger partial charge in [-0.25, -0.2) is 0 Å². The number of halogens is 1. The fraction of sp³-hybridized carbons (Fsp3) is 0.500. The minimum absolute atomic E-state index is 0.402. The molecule has 0 saturated heterocycles. The van der Waals surface area contributed by atoms with E-state index >= 15 is 0 Å². The number of rotatable bonds is 4. The lowest BCUT2D eigenvalue weighted by Gasteiger charge is -2.23. The molecule has 0 saturated carbocycles. The Morgan fingerprint density at radius 3 is 2.64 bits per heavy atom. The maximum Gasteiger partial charge on any atom is 0.0409 e. The zero-order chi connectivity index (χ0) is 10.6. The molecule has 2 unspecified atom stereocenters. The average Bonchev–Trinajstić information content (AvgIpc) is 2.19. The van der Waals surface area contributed by atoms with Gasteiger partial charge in [0.05, 0.1) is 0 Å². The van der Waals surface area contributed by atoms with Gasteiger partial charge in [-0.05, 0) is 30.7 Å². The number of nitrogens with one attached hydrogen (secondary N) is 1. The van der Waals surface area contributed by atoms with Crippen LogP contribution in [-0.2, 0) is 0 Å². The lowest BCUT2D eigenvalue weighted by molar-refractivity contribution is 0.400. The first kappa shape index (κ1) is 11.5. The fourth-order valence-electron chi connectivity index (χ4n) is 1.72. The first-order valence-corrected chi connectivity index (χ1v) is 5.49. The summed E-state index contributed by atoms with van der Waals surface area (Å²) in [5.41, 5.74) is 1.27. The van der Waals surface area contributed by atoms with E-state index in [9.17, 15) is 0 Å². The summed E-state index contributed by atoms with van der Waals surface area (Å²) in [6.45, 7) is 4.46. The van der Waals surface area contributed by atoms with Crippen LogP contribution in [-0.4, -0.2) is 7.05 Å². The van der Waals surface area contributed by atoms with Gasteiger partial charge in [-0.2, -0.15) is 0 Å². The van der Waals surface area contributed by atoms with Gasteiger partial charge in [-0.1, -0.05) is 44.0 Å². The first-order chi connectivity index (χ1) is 6.69. The van der Waals surface area contributed by atoms with Crippen LogP contribution >= 0.6 is 11.6 Å². The van der Waals surface area contributed by atoms with E-state index < -0.39 is 0 Å². The molecule has 1 rings (SSSR count). The maximum atomic E-state index is 5.97. The quantitative estimate of drug-likeness (QED) is 0.802. The molecule has 0 amide bonds. The van der Waals surface area contributed by atoms with E-state index in [4.69, 9.17) is 11.6 Å². The van der Waals surface area contributed by atoms with Crippen LogP contribution in [0.15, 0.2) is 24.3 Å². The Balaban J connectivity index is 2.89. The number of benzene rings is 1. The molecule has 0 radical (unpaired) electrons. The summed E-state index contributed by atoms with van der Waals surface area (Å²) in [5.74, 6) is 0.624. The van der Waals surface area contributed by atoms with Crippen molar-refractivity contribution in [2.75, 3.05) is 7.05 Å². The Bertz CT molecular complexity index is 285. The second kappa shape index (κ2) is 5.38. The Hall–Kier alpha value is -0.530. The smallest absolute Gasteiger partial charge is 0.0409 e. The van der Waals surface area contributed by atoms with Crippen LogP contribution in [0.2, 0.25) is 5.02 Å². The SMILES string of the molecule is CCC(C)C(NC)c1cccc(Cl)c1. The van der Waals surface area contributed by atoms with E-state index in [1.807, 2.05) is 25.2 Å². The molecule has 0 bridgehead atoms. The molecule has 0 heterocycles. The molecule has 1 nitrogen and oxygen atoms in total. The fourth-order valence-corrected chi connectivity index (χ4v) is 1.91. The second-order valence-corrected chi connectivity index (χ2v) is 4.14. The Kier molecular flexibility index (Phi) is 4.43. The molecule has 78 valence electrons. The van der Waals surface area contributed by atoms with Crippen molar-refractivity contribution in [1.29, 1.82) is 0 Å². The molecule has 0 aromatic heterocycles. The molecular formula is C12H18ClN. The lowest BCUT2D eigenvalue weighted by Crippen LogP contribution is -2.22. The van der Waals surface area contributed by atoms with E-state index in [0.717, 1.165) is 11.4 Å². The van der Waals surface area contributed by atoms with E-state index in [0.29, 0.717) is 12.0 Å². The van der Waals surface area contributed by atoms with Crippen LogP contribution < -0.4 is 5.32 Å². The molecule has 2 atom stereocenters. The summed E-state index contributed by atoms with van der Waals surface area (Å²) in [6, 6.07) is 8.48. The summed E-state index contributed by atoms with van der Waals surface area (Å²) in [6.07, 6.45) is 1.16. The topological polar surface area (TPSA) is 12.0 Å². The number of hydrogen-bond donors (Lipinski definition) is 1. The third kappa shape index (κ3) is 2.73. The summed E-state index contributed by atoms with van der Waals surface area (Å²) < 4.78 is 0. The van der Waals surface area contributed by atoms with Gasteiger partial charge in [0.25, 0.3) is 0 Å². The van der Waals surface area contributed by atoms with Crippen molar-refractivity contribution < 1.29 is 0 Å². The molecule has 1 N–H and O–H groups in total. The molecule has 14 heavy (non-hydrogen) atoms. The van der Waals surface area contributed by atoms with Crippen LogP contribution in [0.1, 0.15) is 31.9 Å². The Labute approximate surface area is 91.5 Å². The van der Waals surface area contributed by atoms with Gasteiger partial charge in [-0.15, -0.1) is 0 Å². The molecule has 1 aromatic rings. The standard InChI is InChI=1S/C12H18ClN/c1-4-9(2)12(14-3)10-6-5-7-11(13)8-10/h5-9,12,14H,4H2,1-3H3. The second-order valence-electron chi connectivity index (χ2n) is 3.71. The third-order valence-electron chi connectivity index (χ3n) is 2.73. The van der Waals surface area contributed by atoms with E-state index in [2.05, 4.69) is 25.2 Å². The molecular weight excluding hydrogens is 194 g/mol. The van der Waals surface area contributed by atoms with Crippen molar-refractivity contribution >= 4 is 11.6 Å². The van der Waals surface area contributed by atoms with Crippen LogP contribution in [0.4, 0.5) is 0 Å². The van der Waals surface area contributed by atoms with Gasteiger partial charge in [0, 0.05) is 11.1 Å². The Morgan fingerprint density at radius 1 is 1.43 bits per heavy atom. The normalized spacial score (nSPS) is 15.1. The van der Waals surface area contributed by atoms with Crippen molar-refractivity contribution in [2.24, 2.45) is 5.92 Å². The van der Waals surface area contributed by atoms with Crippen LogP contribution in [0, 0.1) is 5.92 Å². The zero-order valence-electron chi connectivity index (χ0n) is 9.05. The van der Waals surface area contributed by atoms with E-state index in [1.165, 1.54) is 5.56 Å². The lowest BCUT2D eigenvalue weighted by atomic mass is 9.93. The van der Waals surface area contributed by atoms with Crippen LogP contribution in [0.3, 0.4) is 0 Å². The molecule has 0 aliphatic carbocycles. The van der Waals surface area contributed by atoms with Gasteiger partial charge in [0.15, 0.2) is 0 Å². The highest BCUT2D eigenvalue weighted by Crippen LogP contribution is 2.25. The summed E-state index contributed by atoms with van der Waals surface area (Å²) in [7, 11) is 2.00. The molecule has 2 heteroatoms. The summed E-state index contributed by atoms with van der Waals surface area (Å²) >= 11 is 5.97. The first-order valence-electron chi connectivity index (χ1n) is 5.11. The van der Waals surface area contributed by atoms with Crippen LogP contribution in [0.25, 0.3) is 0 Å². The predicted molar refractivity (Wildman–Crippen MR) is 62.7 cm³/mol. The van der Waals surface area contributed by atoms with Crippen molar-refractivity contribution in [3.05, 3.63) is 34.9 Å². The predicted octanol–water partition coefficient (Wildman–Crippen LogP) is 3.65. The van der Waals surface area contributed by atoms with Crippen molar-refractivity contribution in [2.45, 2.75) is 26.3 Å². The van der Waals surface area contributed by atoms with E-state index in [1.54, 1.807) is 0 Å². The zero-order valence-corrected chi connectivity index (χ0v) is 9.81. The minimum atomic E-state index is 0.402. The molecule has 0 fully saturated rings. The van der Waals surface area contributed by atoms with Gasteiger partial charge in [-0.3, -0.25) is 0 Å². The Morgan fingerprint density at radius 2 is 2.14 bits per heavy atom. The van der Waals surface area contributed by atoms with Gasteiger partial charge < -0.3 is 5.32 Å². The molecule has 1 aromatic carbocycles. The van der Waals surface area contributed by atoms with Gasteiger partial charge in [0.1, 0.15) is 0 Å². The van der Waals surface area contributed by atoms with Crippen LogP contribution in [0.5, 0.6) is 0 Å². The van der Waals surface area contributed by atoms with Gasteiger partial charge in [0.2, 0.25) is 0 Å². The summed E-state index contributed by atoms with van der Waals surface area (Å²) in [5, 5.41) is 4.15.